The van der Waals surface area contributed by atoms with Gasteiger partial charge < -0.3 is 16.2 Å². The number of rotatable bonds is 5. The number of benzene rings is 1. The summed E-state index contributed by atoms with van der Waals surface area (Å²) in [5, 5.41) is 11.9. The van der Waals surface area contributed by atoms with E-state index in [0.29, 0.717) is 5.56 Å². The molecule has 1 aromatic carbocycles. The van der Waals surface area contributed by atoms with Crippen LogP contribution in [0.25, 0.3) is 0 Å². The fraction of sp³-hybridized carbons (Fsp3) is 0.263. The summed E-state index contributed by atoms with van der Waals surface area (Å²) >= 11 is 0. The summed E-state index contributed by atoms with van der Waals surface area (Å²) in [5.74, 6) is 4.60. The first-order valence-corrected chi connectivity index (χ1v) is 7.54. The van der Waals surface area contributed by atoms with Gasteiger partial charge in [0.25, 0.3) is 5.91 Å². The van der Waals surface area contributed by atoms with Crippen LogP contribution in [0, 0.1) is 11.8 Å². The zero-order chi connectivity index (χ0) is 18.1. The number of nitrogens with one attached hydrogen (secondary N) is 1. The molecule has 0 saturated carbocycles. The third kappa shape index (κ3) is 6.11. The molecule has 0 fully saturated rings. The van der Waals surface area contributed by atoms with Gasteiger partial charge in [-0.25, -0.2) is 0 Å². The van der Waals surface area contributed by atoms with Crippen molar-refractivity contribution in [3.8, 4) is 11.8 Å². The van der Waals surface area contributed by atoms with Crippen LogP contribution in [0.3, 0.4) is 0 Å². The summed E-state index contributed by atoms with van der Waals surface area (Å²) < 4.78 is 0. The lowest BCUT2D eigenvalue weighted by molar-refractivity contribution is -0.122. The maximum atomic E-state index is 12.1. The number of carbonyl (C=O) groups excluding carboxylic acids is 2. The molecule has 2 atom stereocenters. The zero-order valence-corrected chi connectivity index (χ0v) is 14.0. The molecule has 0 spiro atoms. The molecule has 0 saturated heterocycles. The third-order valence-electron chi connectivity index (χ3n) is 3.32. The van der Waals surface area contributed by atoms with Crippen LogP contribution in [0.1, 0.15) is 36.7 Å². The molecule has 0 radical (unpaired) electrons. The van der Waals surface area contributed by atoms with E-state index in [4.69, 9.17) is 5.73 Å². The van der Waals surface area contributed by atoms with Crippen molar-refractivity contribution in [3.05, 3.63) is 59.2 Å². The Morgan fingerprint density at radius 2 is 1.92 bits per heavy atom. The van der Waals surface area contributed by atoms with Crippen LogP contribution in [0.5, 0.6) is 0 Å². The Labute approximate surface area is 142 Å². The Hall–Kier alpha value is -2.84. The van der Waals surface area contributed by atoms with Crippen LogP contribution in [0.15, 0.2) is 48.1 Å². The molecule has 0 heterocycles. The number of amides is 2. The van der Waals surface area contributed by atoms with Crippen molar-refractivity contribution in [1.29, 1.82) is 0 Å². The summed E-state index contributed by atoms with van der Waals surface area (Å²) in [7, 11) is 0. The van der Waals surface area contributed by atoms with Crippen LogP contribution in [0.2, 0.25) is 0 Å². The van der Waals surface area contributed by atoms with E-state index in [2.05, 4.69) is 17.2 Å². The molecule has 1 aromatic rings. The van der Waals surface area contributed by atoms with Crippen LogP contribution < -0.4 is 11.1 Å². The number of hydrogen-bond acceptors (Lipinski definition) is 3. The molecule has 0 bridgehead atoms. The SMILES string of the molecule is C/C=C(C)/C=C/C#Cc1ccc(C(=O)NC(C(N)=O)C(C)O)cc1. The average molecular weight is 326 g/mol. The Morgan fingerprint density at radius 3 is 2.42 bits per heavy atom. The van der Waals surface area contributed by atoms with Gasteiger partial charge in [0.15, 0.2) is 0 Å². The molecule has 5 nitrogen and oxygen atoms in total. The maximum Gasteiger partial charge on any atom is 0.252 e. The Morgan fingerprint density at radius 1 is 1.29 bits per heavy atom. The van der Waals surface area contributed by atoms with Gasteiger partial charge in [-0.2, -0.15) is 0 Å². The van der Waals surface area contributed by atoms with Gasteiger partial charge in [-0.3, -0.25) is 9.59 Å². The van der Waals surface area contributed by atoms with Crippen molar-refractivity contribution in [1.82, 2.24) is 5.32 Å². The number of aliphatic hydroxyl groups excluding tert-OH is 1. The fourth-order valence-corrected chi connectivity index (χ4v) is 1.75. The summed E-state index contributed by atoms with van der Waals surface area (Å²) in [6.45, 7) is 5.33. The average Bonchev–Trinajstić information content (AvgIpc) is 2.55. The van der Waals surface area contributed by atoms with E-state index in [1.165, 1.54) is 6.92 Å². The van der Waals surface area contributed by atoms with Crippen LogP contribution in [0.4, 0.5) is 0 Å². The van der Waals surface area contributed by atoms with Gasteiger partial charge in [-0.15, -0.1) is 0 Å². The first-order valence-electron chi connectivity index (χ1n) is 7.54. The molecule has 2 unspecified atom stereocenters. The van der Waals surface area contributed by atoms with E-state index in [0.717, 1.165) is 11.1 Å². The van der Waals surface area contributed by atoms with E-state index in [9.17, 15) is 14.7 Å². The zero-order valence-electron chi connectivity index (χ0n) is 14.0. The third-order valence-corrected chi connectivity index (χ3v) is 3.32. The summed E-state index contributed by atoms with van der Waals surface area (Å²) in [6.07, 6.45) is 4.59. The van der Waals surface area contributed by atoms with Gasteiger partial charge in [0.05, 0.1) is 6.10 Å². The van der Waals surface area contributed by atoms with Gasteiger partial charge in [-0.1, -0.05) is 29.6 Å². The molecule has 0 aromatic heterocycles. The number of primary amides is 1. The molecule has 5 heteroatoms. The molecular weight excluding hydrogens is 304 g/mol. The maximum absolute atomic E-state index is 12.1. The molecule has 1 rings (SSSR count). The van der Waals surface area contributed by atoms with Crippen molar-refractivity contribution in [2.45, 2.75) is 32.9 Å². The van der Waals surface area contributed by atoms with Crippen LogP contribution >= 0.6 is 0 Å². The van der Waals surface area contributed by atoms with E-state index in [1.54, 1.807) is 30.3 Å². The minimum absolute atomic E-state index is 0.354. The topological polar surface area (TPSA) is 92.4 Å². The molecule has 0 aliphatic heterocycles. The number of nitrogens with two attached hydrogens (primary N) is 1. The predicted molar refractivity (Wildman–Crippen MR) is 94.0 cm³/mol. The highest BCUT2D eigenvalue weighted by molar-refractivity contribution is 5.97. The normalized spacial score (nSPS) is 13.8. The second-order valence-electron chi connectivity index (χ2n) is 5.31. The number of aliphatic hydroxyl groups is 1. The molecule has 126 valence electrons. The first-order chi connectivity index (χ1) is 11.3. The lowest BCUT2D eigenvalue weighted by Gasteiger charge is -2.17. The molecule has 24 heavy (non-hydrogen) atoms. The molecule has 0 aliphatic carbocycles. The van der Waals surface area contributed by atoms with Crippen LogP contribution in [-0.4, -0.2) is 29.1 Å². The smallest absolute Gasteiger partial charge is 0.252 e. The quantitative estimate of drug-likeness (QED) is 0.566. The number of hydrogen-bond donors (Lipinski definition) is 3. The Kier molecular flexibility index (Phi) is 7.47. The molecule has 0 aliphatic rings. The Balaban J connectivity index is 2.77. The summed E-state index contributed by atoms with van der Waals surface area (Å²) in [5.41, 5.74) is 7.38. The molecule has 4 N–H and O–H groups in total. The second-order valence-corrected chi connectivity index (χ2v) is 5.31. The largest absolute Gasteiger partial charge is 0.391 e. The Bertz CT molecular complexity index is 704. The predicted octanol–water partition coefficient (Wildman–Crippen LogP) is 1.52. The lowest BCUT2D eigenvalue weighted by Crippen LogP contribution is -2.50. The first kappa shape index (κ1) is 19.2. The van der Waals surface area contributed by atoms with Gasteiger partial charge in [0.1, 0.15) is 6.04 Å². The molecule has 2 amide bonds. The minimum Gasteiger partial charge on any atom is -0.391 e. The van der Waals surface area contributed by atoms with Crippen molar-refractivity contribution >= 4 is 11.8 Å². The van der Waals surface area contributed by atoms with Crippen molar-refractivity contribution in [2.24, 2.45) is 5.73 Å². The monoisotopic (exact) mass is 326 g/mol. The summed E-state index contributed by atoms with van der Waals surface area (Å²) in [4.78, 5) is 23.3. The minimum atomic E-state index is -1.13. The van der Waals surface area contributed by atoms with E-state index in [1.807, 2.05) is 26.0 Å². The highest BCUT2D eigenvalue weighted by Crippen LogP contribution is 2.05. The van der Waals surface area contributed by atoms with Gasteiger partial charge >= 0.3 is 0 Å². The van der Waals surface area contributed by atoms with E-state index < -0.39 is 24.0 Å². The summed E-state index contributed by atoms with van der Waals surface area (Å²) in [6, 6.07) is 5.48. The lowest BCUT2D eigenvalue weighted by atomic mass is 10.1. The highest BCUT2D eigenvalue weighted by atomic mass is 16.3. The number of carbonyl (C=O) groups is 2. The van der Waals surface area contributed by atoms with Crippen LogP contribution in [-0.2, 0) is 4.79 Å². The molecular formula is C19H22N2O3. The number of allylic oxidation sites excluding steroid dienone is 4. The second kappa shape index (κ2) is 9.33. The van der Waals surface area contributed by atoms with Crippen molar-refractivity contribution in [3.63, 3.8) is 0 Å². The van der Waals surface area contributed by atoms with Crippen molar-refractivity contribution in [2.75, 3.05) is 0 Å². The van der Waals surface area contributed by atoms with Gasteiger partial charge in [-0.05, 0) is 51.1 Å². The van der Waals surface area contributed by atoms with E-state index >= 15 is 0 Å². The highest BCUT2D eigenvalue weighted by Gasteiger charge is 2.23. The van der Waals surface area contributed by atoms with E-state index in [-0.39, 0.29) is 0 Å². The van der Waals surface area contributed by atoms with Crippen molar-refractivity contribution < 1.29 is 14.7 Å². The standard InChI is InChI=1S/C19H22N2O3/c1-4-13(2)7-5-6-8-15-9-11-16(12-10-15)19(24)21-17(14(3)22)18(20)23/h4-5,7,9-12,14,17,22H,1-3H3,(H2,20,23)(H,21,24)/b7-5+,13-4+. The van der Waals surface area contributed by atoms with Gasteiger partial charge in [0.2, 0.25) is 5.91 Å². The fourth-order valence-electron chi connectivity index (χ4n) is 1.75. The van der Waals surface area contributed by atoms with Gasteiger partial charge in [0, 0.05) is 11.1 Å².